The van der Waals surface area contributed by atoms with Crippen LogP contribution in [0.25, 0.3) is 0 Å². The molecule has 0 unspecified atom stereocenters. The lowest BCUT2D eigenvalue weighted by Crippen LogP contribution is -2.09. The maximum Gasteiger partial charge on any atom is 0.129 e. The lowest BCUT2D eigenvalue weighted by atomic mass is 10.5. The summed E-state index contributed by atoms with van der Waals surface area (Å²) in [5.74, 6) is 0.839. The smallest absolute Gasteiger partial charge is 0.129 e. The molecule has 0 aromatic carbocycles. The van der Waals surface area contributed by atoms with Gasteiger partial charge in [0.25, 0.3) is 0 Å². The van der Waals surface area contributed by atoms with Gasteiger partial charge in [-0.25, -0.2) is 0 Å². The predicted molar refractivity (Wildman–Crippen MR) is 60.3 cm³/mol. The summed E-state index contributed by atoms with van der Waals surface area (Å²) < 4.78 is 21.1. The van der Waals surface area contributed by atoms with Gasteiger partial charge in [-0.05, 0) is 18.6 Å². The lowest BCUT2D eigenvalue weighted by molar-refractivity contribution is 0.00776. The van der Waals surface area contributed by atoms with Gasteiger partial charge in [-0.15, -0.1) is 0 Å². The quantitative estimate of drug-likeness (QED) is 0.576. The highest BCUT2D eigenvalue weighted by atomic mass is 16.5. The van der Waals surface area contributed by atoms with Crippen LogP contribution in [0.15, 0.2) is 22.8 Å². The van der Waals surface area contributed by atoms with Crippen molar-refractivity contribution in [3.05, 3.63) is 24.2 Å². The van der Waals surface area contributed by atoms with Crippen LogP contribution in [-0.4, -0.2) is 33.0 Å². The van der Waals surface area contributed by atoms with Gasteiger partial charge >= 0.3 is 0 Å². The first-order chi connectivity index (χ1) is 7.93. The number of rotatable bonds is 10. The Bertz CT molecular complexity index is 233. The Kier molecular flexibility index (Phi) is 7.76. The van der Waals surface area contributed by atoms with Gasteiger partial charge in [-0.1, -0.05) is 6.92 Å². The van der Waals surface area contributed by atoms with E-state index in [1.54, 1.807) is 6.26 Å². The zero-order valence-electron chi connectivity index (χ0n) is 9.81. The first-order valence-electron chi connectivity index (χ1n) is 5.69. The van der Waals surface area contributed by atoms with Crippen LogP contribution in [0.3, 0.4) is 0 Å². The summed E-state index contributed by atoms with van der Waals surface area (Å²) in [6, 6.07) is 3.74. The van der Waals surface area contributed by atoms with Crippen LogP contribution < -0.4 is 0 Å². The first-order valence-corrected chi connectivity index (χ1v) is 5.69. The topological polar surface area (TPSA) is 40.8 Å². The summed E-state index contributed by atoms with van der Waals surface area (Å²) in [5, 5.41) is 0. The van der Waals surface area contributed by atoms with Gasteiger partial charge in [-0.3, -0.25) is 0 Å². The van der Waals surface area contributed by atoms with E-state index < -0.39 is 0 Å². The molecule has 0 radical (unpaired) electrons. The van der Waals surface area contributed by atoms with Gasteiger partial charge in [0.2, 0.25) is 0 Å². The number of furan rings is 1. The molecule has 1 rings (SSSR count). The molecule has 0 saturated heterocycles. The molecule has 16 heavy (non-hydrogen) atoms. The Morgan fingerprint density at radius 2 is 1.69 bits per heavy atom. The average Bonchev–Trinajstić information content (AvgIpc) is 2.80. The summed E-state index contributed by atoms with van der Waals surface area (Å²) in [6.07, 6.45) is 2.69. The summed E-state index contributed by atoms with van der Waals surface area (Å²) in [4.78, 5) is 0. The summed E-state index contributed by atoms with van der Waals surface area (Å²) >= 11 is 0. The molecule has 92 valence electrons. The molecule has 1 aromatic rings. The van der Waals surface area contributed by atoms with Crippen molar-refractivity contribution < 1.29 is 18.6 Å². The highest BCUT2D eigenvalue weighted by Crippen LogP contribution is 2.01. The second kappa shape index (κ2) is 9.39. The zero-order valence-corrected chi connectivity index (χ0v) is 9.81. The summed E-state index contributed by atoms with van der Waals surface area (Å²) in [7, 11) is 0. The minimum Gasteiger partial charge on any atom is -0.467 e. The van der Waals surface area contributed by atoms with E-state index in [1.165, 1.54) is 0 Å². The fourth-order valence-corrected chi connectivity index (χ4v) is 1.15. The summed E-state index contributed by atoms with van der Waals surface area (Å²) in [6.45, 7) is 5.85. The third kappa shape index (κ3) is 6.61. The third-order valence-electron chi connectivity index (χ3n) is 1.92. The Balaban J connectivity index is 1.78. The molecule has 0 aliphatic carbocycles. The molecule has 0 amide bonds. The van der Waals surface area contributed by atoms with Crippen LogP contribution in [0.1, 0.15) is 19.1 Å². The second-order valence-corrected chi connectivity index (χ2v) is 3.36. The molecule has 1 aromatic heterocycles. The number of hydrogen-bond donors (Lipinski definition) is 0. The van der Waals surface area contributed by atoms with E-state index in [-0.39, 0.29) is 0 Å². The van der Waals surface area contributed by atoms with Crippen LogP contribution in [0.5, 0.6) is 0 Å². The van der Waals surface area contributed by atoms with Gasteiger partial charge in [0.15, 0.2) is 0 Å². The van der Waals surface area contributed by atoms with Crippen molar-refractivity contribution in [1.82, 2.24) is 0 Å². The molecule has 4 heteroatoms. The van der Waals surface area contributed by atoms with Crippen LogP contribution >= 0.6 is 0 Å². The van der Waals surface area contributed by atoms with Crippen molar-refractivity contribution in [2.24, 2.45) is 0 Å². The molecule has 0 N–H and O–H groups in total. The van der Waals surface area contributed by atoms with Gasteiger partial charge in [0.05, 0.1) is 32.7 Å². The fourth-order valence-electron chi connectivity index (χ4n) is 1.15. The third-order valence-corrected chi connectivity index (χ3v) is 1.92. The molecule has 0 saturated carbocycles. The molecule has 0 atom stereocenters. The van der Waals surface area contributed by atoms with Crippen molar-refractivity contribution in [1.29, 1.82) is 0 Å². The van der Waals surface area contributed by atoms with Crippen LogP contribution in [0.4, 0.5) is 0 Å². The van der Waals surface area contributed by atoms with Crippen LogP contribution in [0, 0.1) is 0 Å². The lowest BCUT2D eigenvalue weighted by Gasteiger charge is -2.05. The molecule has 0 bridgehead atoms. The first kappa shape index (κ1) is 13.2. The largest absolute Gasteiger partial charge is 0.467 e. The zero-order chi connectivity index (χ0) is 11.5. The van der Waals surface area contributed by atoms with E-state index in [4.69, 9.17) is 18.6 Å². The van der Waals surface area contributed by atoms with E-state index in [0.29, 0.717) is 33.0 Å². The predicted octanol–water partition coefficient (Wildman–Crippen LogP) is 2.24. The van der Waals surface area contributed by atoms with Crippen LogP contribution in [-0.2, 0) is 20.8 Å². The highest BCUT2D eigenvalue weighted by molar-refractivity contribution is 4.95. The Morgan fingerprint density at radius 3 is 2.31 bits per heavy atom. The molecular formula is C12H20O4. The molecule has 0 aliphatic heterocycles. The van der Waals surface area contributed by atoms with E-state index in [0.717, 1.165) is 18.8 Å². The summed E-state index contributed by atoms with van der Waals surface area (Å²) in [5.41, 5.74) is 0. The minimum absolute atomic E-state index is 0.503. The van der Waals surface area contributed by atoms with E-state index >= 15 is 0 Å². The fraction of sp³-hybridized carbons (Fsp3) is 0.667. The van der Waals surface area contributed by atoms with Crippen molar-refractivity contribution >= 4 is 0 Å². The van der Waals surface area contributed by atoms with Gasteiger partial charge in [0, 0.05) is 6.61 Å². The molecule has 0 fully saturated rings. The van der Waals surface area contributed by atoms with Crippen molar-refractivity contribution in [3.63, 3.8) is 0 Å². The molecule has 4 nitrogen and oxygen atoms in total. The highest BCUT2D eigenvalue weighted by Gasteiger charge is 1.95. The Morgan fingerprint density at radius 1 is 1.00 bits per heavy atom. The SMILES string of the molecule is CCCOCCOCCOCc1ccco1. The minimum atomic E-state index is 0.503. The monoisotopic (exact) mass is 228 g/mol. The van der Waals surface area contributed by atoms with E-state index in [1.807, 2.05) is 12.1 Å². The second-order valence-electron chi connectivity index (χ2n) is 3.36. The molecular weight excluding hydrogens is 208 g/mol. The van der Waals surface area contributed by atoms with Gasteiger partial charge in [-0.2, -0.15) is 0 Å². The Hall–Kier alpha value is -0.840. The normalized spacial score (nSPS) is 10.8. The van der Waals surface area contributed by atoms with Crippen molar-refractivity contribution in [3.8, 4) is 0 Å². The maximum atomic E-state index is 5.35. The Labute approximate surface area is 96.5 Å². The van der Waals surface area contributed by atoms with Crippen LogP contribution in [0.2, 0.25) is 0 Å². The van der Waals surface area contributed by atoms with Gasteiger partial charge < -0.3 is 18.6 Å². The maximum absolute atomic E-state index is 5.35. The van der Waals surface area contributed by atoms with E-state index in [9.17, 15) is 0 Å². The van der Waals surface area contributed by atoms with E-state index in [2.05, 4.69) is 6.92 Å². The number of ether oxygens (including phenoxy) is 3. The number of hydrogen-bond acceptors (Lipinski definition) is 4. The van der Waals surface area contributed by atoms with Crippen molar-refractivity contribution in [2.45, 2.75) is 20.0 Å². The average molecular weight is 228 g/mol. The molecule has 0 spiro atoms. The van der Waals surface area contributed by atoms with Crippen molar-refractivity contribution in [2.75, 3.05) is 33.0 Å². The van der Waals surface area contributed by atoms with Gasteiger partial charge in [0.1, 0.15) is 12.4 Å². The standard InChI is InChI=1S/C12H20O4/c1-2-5-13-7-8-14-9-10-15-11-12-4-3-6-16-12/h3-4,6H,2,5,7-11H2,1H3. The molecule has 0 aliphatic rings. The molecule has 1 heterocycles.